The fourth-order valence-corrected chi connectivity index (χ4v) is 4.45. The maximum Gasteiger partial charge on any atom is 0.270 e. The predicted molar refractivity (Wildman–Crippen MR) is 97.6 cm³/mol. The van der Waals surface area contributed by atoms with Crippen molar-refractivity contribution in [2.75, 3.05) is 23.9 Å². The molecule has 1 aromatic carbocycles. The Morgan fingerprint density at radius 1 is 1.27 bits per heavy atom. The number of aromatic nitrogens is 2. The second-order valence-electron chi connectivity index (χ2n) is 6.12. The lowest BCUT2D eigenvalue weighted by molar-refractivity contribution is 0.0936. The Morgan fingerprint density at radius 3 is 2.73 bits per heavy atom. The maximum absolute atomic E-state index is 12.4. The molecule has 1 aliphatic rings. The van der Waals surface area contributed by atoms with E-state index in [4.69, 9.17) is 4.74 Å². The van der Waals surface area contributed by atoms with Crippen molar-refractivity contribution in [3.8, 4) is 5.75 Å². The van der Waals surface area contributed by atoms with E-state index in [0.717, 1.165) is 0 Å². The Morgan fingerprint density at radius 2 is 2.04 bits per heavy atom. The molecular weight excluding hydrogens is 356 g/mol. The summed E-state index contributed by atoms with van der Waals surface area (Å²) in [4.78, 5) is 21.0. The molecule has 9 heteroatoms. The molecule has 1 atom stereocenters. The van der Waals surface area contributed by atoms with E-state index in [9.17, 15) is 13.2 Å². The molecule has 0 aliphatic carbocycles. The molecule has 1 amide bonds. The number of nitrogens with zero attached hydrogens (tertiary/aromatic N) is 2. The first kappa shape index (κ1) is 18.1. The van der Waals surface area contributed by atoms with Crippen LogP contribution in [0.15, 0.2) is 30.3 Å². The number of benzene rings is 1. The minimum Gasteiger partial charge on any atom is -0.495 e. The molecular formula is C17H20N4O4S. The summed E-state index contributed by atoms with van der Waals surface area (Å²) in [5.41, 5.74) is 1.47. The predicted octanol–water partition coefficient (Wildman–Crippen LogP) is 1.45. The molecule has 2 N–H and O–H groups in total. The second-order valence-corrected chi connectivity index (χ2v) is 8.35. The van der Waals surface area contributed by atoms with Crippen molar-refractivity contribution in [3.63, 3.8) is 0 Å². The van der Waals surface area contributed by atoms with E-state index in [2.05, 4.69) is 20.6 Å². The lowest BCUT2D eigenvalue weighted by atomic mass is 10.2. The number of ether oxygens (including phenoxy) is 1. The van der Waals surface area contributed by atoms with Crippen LogP contribution in [0.4, 0.5) is 11.6 Å². The van der Waals surface area contributed by atoms with Crippen LogP contribution in [0.2, 0.25) is 0 Å². The van der Waals surface area contributed by atoms with Gasteiger partial charge in [-0.05, 0) is 31.5 Å². The van der Waals surface area contributed by atoms with Crippen molar-refractivity contribution in [2.45, 2.75) is 19.4 Å². The fourth-order valence-electron chi connectivity index (χ4n) is 2.78. The van der Waals surface area contributed by atoms with Gasteiger partial charge in [-0.2, -0.15) is 0 Å². The molecule has 2 aromatic rings. The molecule has 0 radical (unpaired) electrons. The molecule has 138 valence electrons. The first-order valence-corrected chi connectivity index (χ1v) is 9.95. The number of amides is 1. The second kappa shape index (κ2) is 7.28. The highest BCUT2D eigenvalue weighted by Crippen LogP contribution is 2.25. The van der Waals surface area contributed by atoms with Crippen molar-refractivity contribution in [3.05, 3.63) is 41.7 Å². The summed E-state index contributed by atoms with van der Waals surface area (Å²) in [6, 6.07) is 8.48. The number of rotatable bonds is 5. The number of aryl methyl sites for hydroxylation is 1. The lowest BCUT2D eigenvalue weighted by Crippen LogP contribution is -2.36. The third kappa shape index (κ3) is 4.29. The summed E-state index contributed by atoms with van der Waals surface area (Å²) in [7, 11) is -1.50. The normalized spacial score (nSPS) is 18.3. The summed E-state index contributed by atoms with van der Waals surface area (Å²) >= 11 is 0. The van der Waals surface area contributed by atoms with Crippen LogP contribution in [0.25, 0.3) is 0 Å². The van der Waals surface area contributed by atoms with Gasteiger partial charge < -0.3 is 15.4 Å². The van der Waals surface area contributed by atoms with E-state index in [1.807, 2.05) is 18.2 Å². The van der Waals surface area contributed by atoms with Gasteiger partial charge in [0.15, 0.2) is 9.84 Å². The standard InChI is InChI=1S/C17H20N4O4S/c1-11-9-14(16(22)19-12-7-8-26(23,24)10-12)21-17(18-11)20-13-5-3-4-6-15(13)25-2/h3-6,9,12H,7-8,10H2,1-2H3,(H,19,22)(H,18,20,21). The smallest absolute Gasteiger partial charge is 0.270 e. The van der Waals surface area contributed by atoms with Crippen molar-refractivity contribution >= 4 is 27.4 Å². The molecule has 1 aromatic heterocycles. The van der Waals surface area contributed by atoms with E-state index >= 15 is 0 Å². The Balaban J connectivity index is 1.78. The van der Waals surface area contributed by atoms with Gasteiger partial charge in [0.2, 0.25) is 5.95 Å². The molecule has 1 fully saturated rings. The van der Waals surface area contributed by atoms with Gasteiger partial charge in [0.1, 0.15) is 11.4 Å². The molecule has 2 heterocycles. The molecule has 1 aliphatic heterocycles. The Labute approximate surface area is 151 Å². The fraction of sp³-hybridized carbons (Fsp3) is 0.353. The number of hydrogen-bond acceptors (Lipinski definition) is 7. The number of anilines is 2. The molecule has 26 heavy (non-hydrogen) atoms. The monoisotopic (exact) mass is 376 g/mol. The highest BCUT2D eigenvalue weighted by Gasteiger charge is 2.29. The zero-order valence-electron chi connectivity index (χ0n) is 14.5. The summed E-state index contributed by atoms with van der Waals surface area (Å²) in [6.07, 6.45) is 0.421. The van der Waals surface area contributed by atoms with Crippen LogP contribution < -0.4 is 15.4 Å². The largest absolute Gasteiger partial charge is 0.495 e. The van der Waals surface area contributed by atoms with Crippen molar-refractivity contribution in [1.82, 2.24) is 15.3 Å². The van der Waals surface area contributed by atoms with Crippen LogP contribution in [0.3, 0.4) is 0 Å². The molecule has 0 saturated carbocycles. The number of carbonyl (C=O) groups is 1. The summed E-state index contributed by atoms with van der Waals surface area (Å²) in [5.74, 6) is 0.537. The van der Waals surface area contributed by atoms with Gasteiger partial charge in [0.25, 0.3) is 5.91 Å². The Bertz CT molecular complexity index is 930. The van der Waals surface area contributed by atoms with E-state index in [-0.39, 0.29) is 29.2 Å². The number of carbonyl (C=O) groups excluding carboxylic acids is 1. The number of sulfone groups is 1. The zero-order chi connectivity index (χ0) is 18.7. The number of methoxy groups -OCH3 is 1. The van der Waals surface area contributed by atoms with Crippen LogP contribution in [0.5, 0.6) is 5.75 Å². The average molecular weight is 376 g/mol. The van der Waals surface area contributed by atoms with Gasteiger partial charge in [-0.15, -0.1) is 0 Å². The van der Waals surface area contributed by atoms with Crippen molar-refractivity contribution < 1.29 is 17.9 Å². The first-order chi connectivity index (χ1) is 12.4. The van der Waals surface area contributed by atoms with Crippen molar-refractivity contribution in [1.29, 1.82) is 0 Å². The van der Waals surface area contributed by atoms with Gasteiger partial charge in [-0.3, -0.25) is 4.79 Å². The van der Waals surface area contributed by atoms with E-state index in [1.165, 1.54) is 0 Å². The summed E-state index contributed by atoms with van der Waals surface area (Å²) < 4.78 is 28.3. The Kier molecular flexibility index (Phi) is 5.08. The lowest BCUT2D eigenvalue weighted by Gasteiger charge is -2.13. The summed E-state index contributed by atoms with van der Waals surface area (Å²) in [5, 5.41) is 5.77. The third-order valence-electron chi connectivity index (χ3n) is 4.01. The SMILES string of the molecule is COc1ccccc1Nc1nc(C)cc(C(=O)NC2CCS(=O)(=O)C2)n1. The van der Waals surface area contributed by atoms with Gasteiger partial charge in [-0.25, -0.2) is 18.4 Å². The van der Waals surface area contributed by atoms with Gasteiger partial charge in [-0.1, -0.05) is 12.1 Å². The van der Waals surface area contributed by atoms with E-state index < -0.39 is 15.7 Å². The average Bonchev–Trinajstić information content (AvgIpc) is 2.93. The van der Waals surface area contributed by atoms with Crippen LogP contribution in [0.1, 0.15) is 22.6 Å². The quantitative estimate of drug-likeness (QED) is 0.813. The number of hydrogen-bond donors (Lipinski definition) is 2. The van der Waals surface area contributed by atoms with E-state index in [1.54, 1.807) is 26.2 Å². The molecule has 1 unspecified atom stereocenters. The topological polar surface area (TPSA) is 110 Å². The number of para-hydroxylation sites is 2. The van der Waals surface area contributed by atoms with Crippen LogP contribution in [0, 0.1) is 6.92 Å². The molecule has 1 saturated heterocycles. The number of nitrogens with one attached hydrogen (secondary N) is 2. The van der Waals surface area contributed by atoms with E-state index in [0.29, 0.717) is 23.6 Å². The van der Waals surface area contributed by atoms with Crippen molar-refractivity contribution in [2.24, 2.45) is 0 Å². The minimum absolute atomic E-state index is 0.0326. The van der Waals surface area contributed by atoms with Crippen LogP contribution in [-0.4, -0.2) is 49.0 Å². The van der Waals surface area contributed by atoms with Gasteiger partial charge in [0, 0.05) is 11.7 Å². The maximum atomic E-state index is 12.4. The van der Waals surface area contributed by atoms with Crippen LogP contribution in [-0.2, 0) is 9.84 Å². The molecule has 8 nitrogen and oxygen atoms in total. The first-order valence-electron chi connectivity index (χ1n) is 8.13. The third-order valence-corrected chi connectivity index (χ3v) is 5.78. The zero-order valence-corrected chi connectivity index (χ0v) is 15.3. The Hall–Kier alpha value is -2.68. The highest BCUT2D eigenvalue weighted by atomic mass is 32.2. The summed E-state index contributed by atoms with van der Waals surface area (Å²) in [6.45, 7) is 1.76. The van der Waals surface area contributed by atoms with Crippen LogP contribution >= 0.6 is 0 Å². The molecule has 0 spiro atoms. The molecule has 3 rings (SSSR count). The van der Waals surface area contributed by atoms with Gasteiger partial charge in [0.05, 0.1) is 24.3 Å². The molecule has 0 bridgehead atoms. The van der Waals surface area contributed by atoms with Gasteiger partial charge >= 0.3 is 0 Å². The highest BCUT2D eigenvalue weighted by molar-refractivity contribution is 7.91. The minimum atomic E-state index is -3.06.